The van der Waals surface area contributed by atoms with Gasteiger partial charge in [0.05, 0.1) is 0 Å². The van der Waals surface area contributed by atoms with E-state index in [9.17, 15) is 0 Å². The van der Waals surface area contributed by atoms with Gasteiger partial charge in [0.1, 0.15) is 5.82 Å². The second-order valence-electron chi connectivity index (χ2n) is 4.18. The van der Waals surface area contributed by atoms with Crippen LogP contribution in [0.25, 0.3) is 0 Å². The molecule has 0 aromatic carbocycles. The third-order valence-electron chi connectivity index (χ3n) is 2.91. The highest BCUT2D eigenvalue weighted by Crippen LogP contribution is 2.04. The molecule has 0 aliphatic carbocycles. The first kappa shape index (κ1) is 11.8. The number of hydrogen-bond acceptors (Lipinski definition) is 3. The van der Waals surface area contributed by atoms with Crippen molar-refractivity contribution in [2.24, 2.45) is 7.05 Å². The molecule has 2 aromatic heterocycles. The molecule has 0 spiro atoms. The first-order chi connectivity index (χ1) is 8.27. The fourth-order valence-corrected chi connectivity index (χ4v) is 1.74. The van der Waals surface area contributed by atoms with Crippen LogP contribution in [0.3, 0.4) is 0 Å². The Morgan fingerprint density at radius 2 is 2.24 bits per heavy atom. The van der Waals surface area contributed by atoms with E-state index in [0.717, 1.165) is 25.3 Å². The van der Waals surface area contributed by atoms with E-state index < -0.39 is 0 Å². The molecule has 4 heteroatoms. The van der Waals surface area contributed by atoms with Crippen molar-refractivity contribution in [3.8, 4) is 0 Å². The fourth-order valence-electron chi connectivity index (χ4n) is 1.74. The normalized spacial score (nSPS) is 10.7. The summed E-state index contributed by atoms with van der Waals surface area (Å²) in [5, 5.41) is 3.41. The second-order valence-corrected chi connectivity index (χ2v) is 4.18. The monoisotopic (exact) mass is 230 g/mol. The van der Waals surface area contributed by atoms with Gasteiger partial charge in [-0.15, -0.1) is 0 Å². The lowest BCUT2D eigenvalue weighted by atomic mass is 10.1. The molecule has 0 unspecified atom stereocenters. The molecule has 0 radical (unpaired) electrons. The molecule has 1 N–H and O–H groups in total. The van der Waals surface area contributed by atoms with Gasteiger partial charge in [-0.25, -0.2) is 4.98 Å². The molecule has 17 heavy (non-hydrogen) atoms. The van der Waals surface area contributed by atoms with Gasteiger partial charge >= 0.3 is 0 Å². The Balaban J connectivity index is 1.77. The molecule has 0 bridgehead atoms. The molecular formula is C13H18N4. The van der Waals surface area contributed by atoms with E-state index in [-0.39, 0.29) is 0 Å². The van der Waals surface area contributed by atoms with Gasteiger partial charge in [-0.2, -0.15) is 0 Å². The molecule has 0 aliphatic rings. The van der Waals surface area contributed by atoms with Crippen LogP contribution in [0, 0.1) is 6.92 Å². The Morgan fingerprint density at radius 3 is 2.94 bits per heavy atom. The molecule has 90 valence electrons. The van der Waals surface area contributed by atoms with E-state index in [1.807, 2.05) is 37.9 Å². The standard InChI is InChI=1S/C13H18N4/c1-11-3-5-14-9-12(11)10-15-6-4-13-16-7-8-17(13)2/h3,5,7-9,15H,4,6,10H2,1-2H3. The quantitative estimate of drug-likeness (QED) is 0.791. The summed E-state index contributed by atoms with van der Waals surface area (Å²) in [4.78, 5) is 8.42. The van der Waals surface area contributed by atoms with Gasteiger partial charge in [-0.05, 0) is 24.1 Å². The van der Waals surface area contributed by atoms with Gasteiger partial charge in [-0.1, -0.05) is 0 Å². The van der Waals surface area contributed by atoms with Crippen molar-refractivity contribution in [3.63, 3.8) is 0 Å². The van der Waals surface area contributed by atoms with E-state index in [1.165, 1.54) is 11.1 Å². The zero-order valence-electron chi connectivity index (χ0n) is 10.3. The largest absolute Gasteiger partial charge is 0.338 e. The Hall–Kier alpha value is -1.68. The third kappa shape index (κ3) is 3.14. The van der Waals surface area contributed by atoms with Crippen molar-refractivity contribution in [1.29, 1.82) is 0 Å². The van der Waals surface area contributed by atoms with Crippen LogP contribution < -0.4 is 5.32 Å². The maximum atomic E-state index is 4.29. The summed E-state index contributed by atoms with van der Waals surface area (Å²) in [5.41, 5.74) is 2.54. The van der Waals surface area contributed by atoms with E-state index in [0.29, 0.717) is 0 Å². The smallest absolute Gasteiger partial charge is 0.109 e. The van der Waals surface area contributed by atoms with Crippen molar-refractivity contribution in [2.75, 3.05) is 6.54 Å². The summed E-state index contributed by atoms with van der Waals surface area (Å²) in [5.74, 6) is 1.11. The number of pyridine rings is 1. The summed E-state index contributed by atoms with van der Waals surface area (Å²) in [6.45, 7) is 3.90. The van der Waals surface area contributed by atoms with Gasteiger partial charge in [0.15, 0.2) is 0 Å². The van der Waals surface area contributed by atoms with Crippen LogP contribution in [0.15, 0.2) is 30.9 Å². The van der Waals surface area contributed by atoms with Crippen molar-refractivity contribution >= 4 is 0 Å². The number of aryl methyl sites for hydroxylation is 2. The van der Waals surface area contributed by atoms with Gasteiger partial charge in [-0.3, -0.25) is 4.98 Å². The molecule has 0 saturated carbocycles. The Labute approximate surface area is 102 Å². The summed E-state index contributed by atoms with van der Waals surface area (Å²) in [6.07, 6.45) is 8.50. The van der Waals surface area contributed by atoms with Crippen molar-refractivity contribution in [2.45, 2.75) is 19.9 Å². The van der Waals surface area contributed by atoms with Gasteiger partial charge in [0, 0.05) is 51.3 Å². The predicted molar refractivity (Wildman–Crippen MR) is 67.6 cm³/mol. The number of nitrogens with one attached hydrogen (secondary N) is 1. The van der Waals surface area contributed by atoms with Crippen LogP contribution in [0.1, 0.15) is 17.0 Å². The zero-order chi connectivity index (χ0) is 12.1. The topological polar surface area (TPSA) is 42.7 Å². The van der Waals surface area contributed by atoms with E-state index in [2.05, 4.69) is 26.8 Å². The molecule has 0 aliphatic heterocycles. The number of hydrogen-bond donors (Lipinski definition) is 1. The average Bonchev–Trinajstić information content (AvgIpc) is 2.73. The minimum absolute atomic E-state index is 0.865. The first-order valence-electron chi connectivity index (χ1n) is 5.84. The molecule has 0 atom stereocenters. The van der Waals surface area contributed by atoms with E-state index in [4.69, 9.17) is 0 Å². The molecule has 4 nitrogen and oxygen atoms in total. The minimum atomic E-state index is 0.865. The number of aromatic nitrogens is 3. The highest BCUT2D eigenvalue weighted by molar-refractivity contribution is 5.20. The Morgan fingerprint density at radius 1 is 1.35 bits per heavy atom. The third-order valence-corrected chi connectivity index (χ3v) is 2.91. The first-order valence-corrected chi connectivity index (χ1v) is 5.84. The molecular weight excluding hydrogens is 212 g/mol. The Bertz CT molecular complexity index is 476. The van der Waals surface area contributed by atoms with Crippen LogP contribution in [0.4, 0.5) is 0 Å². The highest BCUT2D eigenvalue weighted by Gasteiger charge is 2.00. The molecule has 0 fully saturated rings. The van der Waals surface area contributed by atoms with Crippen LogP contribution in [0.5, 0.6) is 0 Å². The number of nitrogens with zero attached hydrogens (tertiary/aromatic N) is 3. The Kier molecular flexibility index (Phi) is 3.88. The summed E-state index contributed by atoms with van der Waals surface area (Å²) >= 11 is 0. The molecule has 0 saturated heterocycles. The molecule has 2 rings (SSSR count). The molecule has 0 amide bonds. The minimum Gasteiger partial charge on any atom is -0.338 e. The SMILES string of the molecule is Cc1ccncc1CNCCc1nccn1C. The number of rotatable bonds is 5. The summed E-state index contributed by atoms with van der Waals surface area (Å²) in [6, 6.07) is 2.04. The average molecular weight is 230 g/mol. The lowest BCUT2D eigenvalue weighted by Crippen LogP contribution is -2.18. The van der Waals surface area contributed by atoms with Crippen LogP contribution in [-0.4, -0.2) is 21.1 Å². The van der Waals surface area contributed by atoms with Crippen molar-refractivity contribution in [3.05, 3.63) is 47.8 Å². The summed E-state index contributed by atoms with van der Waals surface area (Å²) in [7, 11) is 2.02. The summed E-state index contributed by atoms with van der Waals surface area (Å²) < 4.78 is 2.05. The lowest BCUT2D eigenvalue weighted by molar-refractivity contribution is 0.652. The fraction of sp³-hybridized carbons (Fsp3) is 0.385. The number of imidazole rings is 1. The van der Waals surface area contributed by atoms with Gasteiger partial charge in [0.25, 0.3) is 0 Å². The maximum absolute atomic E-state index is 4.29. The van der Waals surface area contributed by atoms with E-state index in [1.54, 1.807) is 0 Å². The van der Waals surface area contributed by atoms with E-state index >= 15 is 0 Å². The zero-order valence-corrected chi connectivity index (χ0v) is 10.3. The van der Waals surface area contributed by atoms with Crippen LogP contribution in [-0.2, 0) is 20.0 Å². The predicted octanol–water partition coefficient (Wildman–Crippen LogP) is 1.46. The van der Waals surface area contributed by atoms with Crippen LogP contribution in [0.2, 0.25) is 0 Å². The van der Waals surface area contributed by atoms with Crippen molar-refractivity contribution in [1.82, 2.24) is 19.9 Å². The molecule has 2 heterocycles. The second kappa shape index (κ2) is 5.59. The molecule has 2 aromatic rings. The lowest BCUT2D eigenvalue weighted by Gasteiger charge is -2.07. The maximum Gasteiger partial charge on any atom is 0.109 e. The van der Waals surface area contributed by atoms with Crippen molar-refractivity contribution < 1.29 is 0 Å². The van der Waals surface area contributed by atoms with Crippen LogP contribution >= 0.6 is 0 Å². The highest BCUT2D eigenvalue weighted by atomic mass is 15.0. The van der Waals surface area contributed by atoms with Gasteiger partial charge in [0.2, 0.25) is 0 Å². The van der Waals surface area contributed by atoms with Gasteiger partial charge < -0.3 is 9.88 Å².